The highest BCUT2D eigenvalue weighted by Crippen LogP contribution is 2.38. The van der Waals surface area contributed by atoms with Gasteiger partial charge in [0.2, 0.25) is 6.79 Å². The van der Waals surface area contributed by atoms with Gasteiger partial charge in [0.05, 0.1) is 0 Å². The Bertz CT molecular complexity index is 946. The van der Waals surface area contributed by atoms with Gasteiger partial charge < -0.3 is 14.6 Å². The number of rotatable bonds is 7. The SMILES string of the molecule is CCCCCC[C@]1(C)N=C(c2ccc3c(c2)OCO3)C[C@@H](c2cc(Br)ccc2O)N1. The number of halogens is 1. The third-order valence-electron chi connectivity index (χ3n) is 5.85. The quantitative estimate of drug-likeness (QED) is 0.478. The van der Waals surface area contributed by atoms with Crippen molar-refractivity contribution in [3.63, 3.8) is 0 Å². The van der Waals surface area contributed by atoms with Crippen LogP contribution in [0.2, 0.25) is 0 Å². The van der Waals surface area contributed by atoms with Crippen molar-refractivity contribution in [3.8, 4) is 17.2 Å². The molecule has 2 aliphatic rings. The summed E-state index contributed by atoms with van der Waals surface area (Å²) in [6, 6.07) is 11.6. The smallest absolute Gasteiger partial charge is 0.231 e. The molecule has 0 aromatic heterocycles. The van der Waals surface area contributed by atoms with Crippen molar-refractivity contribution >= 4 is 21.6 Å². The lowest BCUT2D eigenvalue weighted by atomic mass is 9.90. The predicted octanol–water partition coefficient (Wildman–Crippen LogP) is 6.09. The first-order valence-corrected chi connectivity index (χ1v) is 11.5. The second kappa shape index (κ2) is 8.98. The molecule has 2 aromatic rings. The molecule has 0 aliphatic carbocycles. The largest absolute Gasteiger partial charge is 0.508 e. The van der Waals surface area contributed by atoms with Crippen molar-refractivity contribution in [2.24, 2.45) is 4.99 Å². The van der Waals surface area contributed by atoms with Crippen LogP contribution in [0.5, 0.6) is 17.2 Å². The first-order valence-electron chi connectivity index (χ1n) is 10.7. The number of fused-ring (bicyclic) bond motifs is 1. The third kappa shape index (κ3) is 4.65. The minimum Gasteiger partial charge on any atom is -0.508 e. The molecule has 0 amide bonds. The number of nitrogens with zero attached hydrogens (tertiary/aromatic N) is 1. The zero-order valence-corrected chi connectivity index (χ0v) is 19.2. The van der Waals surface area contributed by atoms with Gasteiger partial charge in [-0.2, -0.15) is 0 Å². The van der Waals surface area contributed by atoms with Gasteiger partial charge >= 0.3 is 0 Å². The van der Waals surface area contributed by atoms with Gasteiger partial charge in [-0.05, 0) is 61.7 Å². The van der Waals surface area contributed by atoms with Crippen LogP contribution >= 0.6 is 15.9 Å². The van der Waals surface area contributed by atoms with Crippen LogP contribution in [0.4, 0.5) is 0 Å². The number of hydrogen-bond donors (Lipinski definition) is 2. The Morgan fingerprint density at radius 3 is 2.80 bits per heavy atom. The maximum atomic E-state index is 10.5. The summed E-state index contributed by atoms with van der Waals surface area (Å²) in [6.45, 7) is 4.64. The molecule has 160 valence electrons. The molecule has 0 radical (unpaired) electrons. The summed E-state index contributed by atoms with van der Waals surface area (Å²) in [5, 5.41) is 14.3. The summed E-state index contributed by atoms with van der Waals surface area (Å²) in [5.74, 6) is 1.84. The first kappa shape index (κ1) is 21.2. The molecule has 6 heteroatoms. The van der Waals surface area contributed by atoms with Crippen LogP contribution in [0.25, 0.3) is 0 Å². The molecule has 0 spiro atoms. The average Bonchev–Trinajstić information content (AvgIpc) is 3.20. The molecule has 0 saturated heterocycles. The molecule has 2 aromatic carbocycles. The van der Waals surface area contributed by atoms with E-state index >= 15 is 0 Å². The van der Waals surface area contributed by atoms with Gasteiger partial charge in [0.1, 0.15) is 11.4 Å². The third-order valence-corrected chi connectivity index (χ3v) is 6.35. The van der Waals surface area contributed by atoms with Gasteiger partial charge in [-0.3, -0.25) is 10.3 Å². The zero-order valence-electron chi connectivity index (χ0n) is 17.6. The predicted molar refractivity (Wildman–Crippen MR) is 123 cm³/mol. The summed E-state index contributed by atoms with van der Waals surface area (Å²) < 4.78 is 12.0. The zero-order chi connectivity index (χ0) is 21.1. The molecule has 0 unspecified atom stereocenters. The topological polar surface area (TPSA) is 63.1 Å². The maximum absolute atomic E-state index is 10.5. The fraction of sp³-hybridized carbons (Fsp3) is 0.458. The van der Waals surface area contributed by atoms with Gasteiger partial charge in [-0.15, -0.1) is 0 Å². The van der Waals surface area contributed by atoms with E-state index in [4.69, 9.17) is 14.5 Å². The Labute approximate surface area is 186 Å². The molecule has 30 heavy (non-hydrogen) atoms. The lowest BCUT2D eigenvalue weighted by Crippen LogP contribution is -2.47. The Kier molecular flexibility index (Phi) is 6.34. The Balaban J connectivity index is 1.66. The van der Waals surface area contributed by atoms with E-state index in [1.807, 2.05) is 30.3 Å². The van der Waals surface area contributed by atoms with Crippen LogP contribution in [-0.4, -0.2) is 23.3 Å². The van der Waals surface area contributed by atoms with Gasteiger partial charge in [-0.1, -0.05) is 42.1 Å². The summed E-state index contributed by atoms with van der Waals surface area (Å²) in [4.78, 5) is 5.15. The minimum absolute atomic E-state index is 0.0309. The highest BCUT2D eigenvalue weighted by Gasteiger charge is 2.34. The van der Waals surface area contributed by atoms with E-state index in [-0.39, 0.29) is 12.8 Å². The summed E-state index contributed by atoms with van der Waals surface area (Å²) in [5.41, 5.74) is 2.56. The van der Waals surface area contributed by atoms with E-state index in [0.717, 1.165) is 45.7 Å². The van der Waals surface area contributed by atoms with Crippen molar-refractivity contribution in [2.45, 2.75) is 64.1 Å². The first-order chi connectivity index (χ1) is 14.5. The van der Waals surface area contributed by atoms with E-state index in [1.165, 1.54) is 19.3 Å². The second-order valence-corrected chi connectivity index (χ2v) is 9.23. The molecule has 0 saturated carbocycles. The summed E-state index contributed by atoms with van der Waals surface area (Å²) in [7, 11) is 0. The second-order valence-electron chi connectivity index (χ2n) is 8.32. The Morgan fingerprint density at radius 2 is 1.97 bits per heavy atom. The van der Waals surface area contributed by atoms with E-state index in [2.05, 4.69) is 35.1 Å². The molecule has 4 rings (SSSR count). The van der Waals surface area contributed by atoms with Crippen molar-refractivity contribution in [2.75, 3.05) is 6.79 Å². The molecule has 2 atom stereocenters. The highest BCUT2D eigenvalue weighted by atomic mass is 79.9. The standard InChI is InChI=1S/C24H29BrN2O3/c1-3-4-5-6-11-24(2)26-19(16-7-10-22-23(12-16)30-15-29-22)14-20(27-24)18-13-17(25)8-9-21(18)28/h7-10,12-13,20,27-28H,3-6,11,14-15H2,1-2H3/t20-,24+/m0/s1. The number of aliphatic imine (C=N–C) groups is 1. The lowest BCUT2D eigenvalue weighted by Gasteiger charge is -2.38. The van der Waals surface area contributed by atoms with Crippen LogP contribution in [0, 0.1) is 0 Å². The van der Waals surface area contributed by atoms with Crippen LogP contribution in [0.15, 0.2) is 45.9 Å². The molecule has 0 fully saturated rings. The van der Waals surface area contributed by atoms with Crippen molar-refractivity contribution < 1.29 is 14.6 Å². The molecule has 2 heterocycles. The number of aromatic hydroxyl groups is 1. The highest BCUT2D eigenvalue weighted by molar-refractivity contribution is 9.10. The fourth-order valence-electron chi connectivity index (χ4n) is 4.27. The number of hydrogen-bond acceptors (Lipinski definition) is 5. The van der Waals surface area contributed by atoms with Gasteiger partial charge in [0.25, 0.3) is 0 Å². The fourth-order valence-corrected chi connectivity index (χ4v) is 4.65. The molecule has 2 N–H and O–H groups in total. The normalized spacial score (nSPS) is 22.8. The molecule has 2 aliphatic heterocycles. The molecular formula is C24H29BrN2O3. The van der Waals surface area contributed by atoms with E-state index in [0.29, 0.717) is 12.2 Å². The van der Waals surface area contributed by atoms with Gasteiger partial charge in [0, 0.05) is 28.2 Å². The van der Waals surface area contributed by atoms with E-state index in [9.17, 15) is 5.11 Å². The van der Waals surface area contributed by atoms with Gasteiger partial charge in [-0.25, -0.2) is 0 Å². The number of phenolic OH excluding ortho intramolecular Hbond substituents is 1. The number of ether oxygens (including phenoxy) is 2. The van der Waals surface area contributed by atoms with Crippen LogP contribution in [0.3, 0.4) is 0 Å². The monoisotopic (exact) mass is 472 g/mol. The van der Waals surface area contributed by atoms with Crippen LogP contribution < -0.4 is 14.8 Å². The number of phenols is 1. The average molecular weight is 473 g/mol. The van der Waals surface area contributed by atoms with Crippen molar-refractivity contribution in [1.82, 2.24) is 5.32 Å². The number of benzene rings is 2. The molecule has 0 bridgehead atoms. The van der Waals surface area contributed by atoms with Gasteiger partial charge in [0.15, 0.2) is 11.5 Å². The van der Waals surface area contributed by atoms with Crippen molar-refractivity contribution in [1.29, 1.82) is 0 Å². The van der Waals surface area contributed by atoms with Crippen LogP contribution in [0.1, 0.15) is 69.5 Å². The minimum atomic E-state index is -0.392. The van der Waals surface area contributed by atoms with Crippen LogP contribution in [-0.2, 0) is 0 Å². The van der Waals surface area contributed by atoms with E-state index < -0.39 is 5.66 Å². The van der Waals surface area contributed by atoms with E-state index in [1.54, 1.807) is 6.07 Å². The Hall–Kier alpha value is -2.05. The summed E-state index contributed by atoms with van der Waals surface area (Å²) >= 11 is 3.54. The maximum Gasteiger partial charge on any atom is 0.231 e. The summed E-state index contributed by atoms with van der Waals surface area (Å²) in [6.07, 6.45) is 6.41. The Morgan fingerprint density at radius 1 is 1.13 bits per heavy atom. The molecular weight excluding hydrogens is 444 g/mol. The molecule has 5 nitrogen and oxygen atoms in total. The number of unbranched alkanes of at least 4 members (excludes halogenated alkanes) is 3. The van der Waals surface area contributed by atoms with Crippen molar-refractivity contribution in [3.05, 3.63) is 52.0 Å². The number of nitrogens with one attached hydrogen (secondary N) is 1. The lowest BCUT2D eigenvalue weighted by molar-refractivity contribution is 0.174.